The molecule has 0 N–H and O–H groups in total. The van der Waals surface area contributed by atoms with Crippen molar-refractivity contribution in [3.63, 3.8) is 0 Å². The molecule has 0 spiro atoms. The minimum absolute atomic E-state index is 0.207. The first-order valence-electron chi connectivity index (χ1n) is 5.90. The molecule has 4 heteroatoms. The molecule has 0 radical (unpaired) electrons. The Balaban J connectivity index is 1.52. The molecule has 76 valence electrons. The first-order valence-corrected chi connectivity index (χ1v) is 9.16. The number of hydrogen-bond acceptors (Lipinski definition) is 2. The Morgan fingerprint density at radius 3 is 1.46 bits per heavy atom. The van der Waals surface area contributed by atoms with Crippen molar-refractivity contribution >= 4 is 19.4 Å². The van der Waals surface area contributed by atoms with Crippen molar-refractivity contribution in [3.05, 3.63) is 0 Å². The minimum atomic E-state index is 0.207. The van der Waals surface area contributed by atoms with E-state index in [2.05, 4.69) is 9.13 Å². The summed E-state index contributed by atoms with van der Waals surface area (Å²) in [4.78, 5) is 0. The molecule has 2 nitrogen and oxygen atoms in total. The van der Waals surface area contributed by atoms with Gasteiger partial charge in [-0.15, -0.1) is 0 Å². The molecule has 0 amide bonds. The van der Waals surface area contributed by atoms with Gasteiger partial charge in [-0.25, -0.2) is 0 Å². The number of rotatable bonds is 4. The van der Waals surface area contributed by atoms with Gasteiger partial charge in [0, 0.05) is 0 Å². The lowest BCUT2D eigenvalue weighted by Gasteiger charge is -2.17. The first-order chi connectivity index (χ1) is 6.45. The average Bonchev–Trinajstić information content (AvgIpc) is 2.75. The fourth-order valence-corrected chi connectivity index (χ4v) is 8.46. The molecule has 2 heterocycles. The van der Waals surface area contributed by atoms with Gasteiger partial charge in [-0.3, -0.25) is 0 Å². The third-order valence-electron chi connectivity index (χ3n) is 3.35. The third kappa shape index (κ3) is 3.20. The second kappa shape index (κ2) is 5.29. The quantitative estimate of drug-likeness (QED) is 0.594. The number of nitrogens with zero attached hydrogens (tertiary/aromatic N) is 2. The second-order valence-electron chi connectivity index (χ2n) is 4.45. The molecular weight excluding hydrogens is 192 g/mol. The fraction of sp³-hybridized carbons (Fsp3) is 1.00. The molecule has 2 aliphatic heterocycles. The zero-order chi connectivity index (χ0) is 8.93. The number of hydrogen-bond donors (Lipinski definition) is 0. The molecule has 0 bridgehead atoms. The summed E-state index contributed by atoms with van der Waals surface area (Å²) in [5, 5.41) is 0. The van der Waals surface area contributed by atoms with Gasteiger partial charge in [-0.05, 0) is 57.5 Å². The van der Waals surface area contributed by atoms with Crippen molar-refractivity contribution in [2.45, 2.75) is 31.4 Å². The highest BCUT2D eigenvalue weighted by molar-refractivity contribution is 6.52. The molecule has 0 saturated carbocycles. The summed E-state index contributed by atoms with van der Waals surface area (Å²) in [7, 11) is 0.415. The lowest BCUT2D eigenvalue weighted by atomic mass is 10.4. The Morgan fingerprint density at radius 2 is 1.08 bits per heavy atom. The maximum absolute atomic E-state index is 2.79. The van der Waals surface area contributed by atoms with Crippen LogP contribution in [0.4, 0.5) is 0 Å². The van der Waals surface area contributed by atoms with E-state index >= 15 is 0 Å². The van der Waals surface area contributed by atoms with Gasteiger partial charge >= 0.3 is 0 Å². The average molecular weight is 214 g/mol. The summed E-state index contributed by atoms with van der Waals surface area (Å²) in [5.41, 5.74) is 1.67. The standard InChI is InChI=1S/C9H22N2Si2/c1-2-6-10(5-1)12-9-13-11-7-3-4-8-11/h1-9,12-13H2. The molecule has 2 aliphatic rings. The van der Waals surface area contributed by atoms with Crippen molar-refractivity contribution in [3.8, 4) is 0 Å². The van der Waals surface area contributed by atoms with E-state index in [1.165, 1.54) is 51.9 Å². The van der Waals surface area contributed by atoms with E-state index in [1.807, 2.05) is 0 Å². The molecule has 0 aromatic carbocycles. The third-order valence-corrected chi connectivity index (χ3v) is 8.41. The van der Waals surface area contributed by atoms with Gasteiger partial charge in [0.2, 0.25) is 0 Å². The molecule has 2 fully saturated rings. The first kappa shape index (κ1) is 9.89. The zero-order valence-corrected chi connectivity index (χ0v) is 11.5. The maximum atomic E-state index is 2.79. The van der Waals surface area contributed by atoms with Crippen molar-refractivity contribution in [1.29, 1.82) is 0 Å². The van der Waals surface area contributed by atoms with Crippen LogP contribution in [0.1, 0.15) is 25.7 Å². The van der Waals surface area contributed by atoms with E-state index in [0.717, 1.165) is 0 Å². The largest absolute Gasteiger partial charge is 0.329 e. The van der Waals surface area contributed by atoms with Gasteiger partial charge in [-0.2, -0.15) is 0 Å². The van der Waals surface area contributed by atoms with Crippen LogP contribution in [0.3, 0.4) is 0 Å². The van der Waals surface area contributed by atoms with E-state index in [-0.39, 0.29) is 19.4 Å². The van der Waals surface area contributed by atoms with E-state index in [4.69, 9.17) is 0 Å². The van der Waals surface area contributed by atoms with Crippen LogP contribution in [-0.4, -0.2) is 54.7 Å². The lowest BCUT2D eigenvalue weighted by molar-refractivity contribution is 0.540. The van der Waals surface area contributed by atoms with Crippen LogP contribution in [0.25, 0.3) is 0 Å². The van der Waals surface area contributed by atoms with Crippen molar-refractivity contribution in [2.24, 2.45) is 0 Å². The molecule has 0 aromatic heterocycles. The molecule has 2 saturated heterocycles. The Kier molecular flexibility index (Phi) is 4.02. The normalized spacial score (nSPS) is 27.7. The van der Waals surface area contributed by atoms with Gasteiger partial charge in [0.1, 0.15) is 0 Å². The predicted octanol–water partition coefficient (Wildman–Crippen LogP) is -0.279. The van der Waals surface area contributed by atoms with E-state index in [9.17, 15) is 0 Å². The van der Waals surface area contributed by atoms with Crippen molar-refractivity contribution < 1.29 is 0 Å². The lowest BCUT2D eigenvalue weighted by Crippen LogP contribution is -2.30. The van der Waals surface area contributed by atoms with Crippen LogP contribution >= 0.6 is 0 Å². The molecule has 0 aliphatic carbocycles. The van der Waals surface area contributed by atoms with Crippen LogP contribution in [0.2, 0.25) is 5.67 Å². The molecule has 0 aromatic rings. The molecule has 0 unspecified atom stereocenters. The summed E-state index contributed by atoms with van der Waals surface area (Å²) in [6, 6.07) is 0. The highest BCUT2D eigenvalue weighted by atomic mass is 28.3. The summed E-state index contributed by atoms with van der Waals surface area (Å²) >= 11 is 0. The second-order valence-corrected chi connectivity index (χ2v) is 9.96. The molecule has 2 rings (SSSR count). The molecule has 13 heavy (non-hydrogen) atoms. The van der Waals surface area contributed by atoms with Crippen molar-refractivity contribution in [1.82, 2.24) is 9.13 Å². The predicted molar refractivity (Wildman–Crippen MR) is 63.5 cm³/mol. The van der Waals surface area contributed by atoms with Gasteiger partial charge in [0.05, 0.1) is 19.4 Å². The zero-order valence-electron chi connectivity index (χ0n) is 8.67. The highest BCUT2D eigenvalue weighted by Crippen LogP contribution is 2.08. The van der Waals surface area contributed by atoms with Gasteiger partial charge < -0.3 is 9.13 Å². The van der Waals surface area contributed by atoms with Gasteiger partial charge in [-0.1, -0.05) is 0 Å². The summed E-state index contributed by atoms with van der Waals surface area (Å²) in [6.07, 6.45) is 5.94. The van der Waals surface area contributed by atoms with Crippen LogP contribution in [0, 0.1) is 0 Å². The van der Waals surface area contributed by atoms with Gasteiger partial charge in [0.15, 0.2) is 0 Å². The van der Waals surface area contributed by atoms with E-state index in [1.54, 1.807) is 5.67 Å². The highest BCUT2D eigenvalue weighted by Gasteiger charge is 2.14. The summed E-state index contributed by atoms with van der Waals surface area (Å²) in [6.45, 7) is 5.78. The van der Waals surface area contributed by atoms with Gasteiger partial charge in [0.25, 0.3) is 0 Å². The smallest absolute Gasteiger partial charge is 0.0931 e. The minimum Gasteiger partial charge on any atom is -0.329 e. The fourth-order valence-electron chi connectivity index (χ4n) is 2.53. The van der Waals surface area contributed by atoms with Crippen LogP contribution in [-0.2, 0) is 0 Å². The Labute approximate surface area is 86.5 Å². The van der Waals surface area contributed by atoms with Crippen LogP contribution in [0.15, 0.2) is 0 Å². The summed E-state index contributed by atoms with van der Waals surface area (Å²) < 4.78 is 5.59. The maximum Gasteiger partial charge on any atom is 0.0931 e. The van der Waals surface area contributed by atoms with Crippen molar-refractivity contribution in [2.75, 3.05) is 26.2 Å². The SMILES string of the molecule is C1CCN([SiH2]C[SiH2]N2CCCC2)C1. The molecular formula is C9H22N2Si2. The topological polar surface area (TPSA) is 6.48 Å². The van der Waals surface area contributed by atoms with E-state index < -0.39 is 0 Å². The monoisotopic (exact) mass is 214 g/mol. The van der Waals surface area contributed by atoms with Crippen LogP contribution in [0.5, 0.6) is 0 Å². The Hall–Kier alpha value is 0.354. The Bertz CT molecular complexity index is 127. The molecule has 0 atom stereocenters. The van der Waals surface area contributed by atoms with Crippen LogP contribution < -0.4 is 0 Å². The van der Waals surface area contributed by atoms with E-state index in [0.29, 0.717) is 0 Å². The summed E-state index contributed by atoms with van der Waals surface area (Å²) in [5.74, 6) is 0. The Morgan fingerprint density at radius 1 is 0.692 bits per heavy atom.